The maximum atomic E-state index is 5.24. The minimum absolute atomic E-state index is 0.651. The second-order valence-electron chi connectivity index (χ2n) is 14.2. The van der Waals surface area contributed by atoms with Gasteiger partial charge in [0.05, 0.1) is 45.6 Å². The van der Waals surface area contributed by atoms with Gasteiger partial charge in [-0.15, -0.1) is 0 Å². The number of aromatic nitrogens is 7. The first-order chi connectivity index (χ1) is 29.7. The van der Waals surface area contributed by atoms with Crippen LogP contribution in [0.2, 0.25) is 0 Å². The number of hydrogen-bond donors (Lipinski definition) is 0. The molecule has 0 atom stereocenters. The number of nitrogens with zero attached hydrogens (tertiary/aromatic N) is 7. The van der Waals surface area contributed by atoms with Crippen molar-refractivity contribution < 1.29 is 0 Å². The lowest BCUT2D eigenvalue weighted by Crippen LogP contribution is -1.98. The molecular formula is C53H35N7. The zero-order chi connectivity index (χ0) is 40.1. The van der Waals surface area contributed by atoms with Crippen LogP contribution in [0.3, 0.4) is 0 Å². The molecule has 0 N–H and O–H groups in total. The first-order valence-electron chi connectivity index (χ1n) is 19.7. The lowest BCUT2D eigenvalue weighted by Gasteiger charge is -2.12. The van der Waals surface area contributed by atoms with E-state index < -0.39 is 0 Å². The van der Waals surface area contributed by atoms with Gasteiger partial charge in [-0.3, -0.25) is 9.97 Å². The van der Waals surface area contributed by atoms with Gasteiger partial charge in [-0.05, 0) is 59.7 Å². The zero-order valence-electron chi connectivity index (χ0n) is 32.3. The van der Waals surface area contributed by atoms with E-state index >= 15 is 0 Å². The van der Waals surface area contributed by atoms with Gasteiger partial charge in [0, 0.05) is 45.8 Å². The zero-order valence-corrected chi connectivity index (χ0v) is 32.3. The van der Waals surface area contributed by atoms with Crippen LogP contribution < -0.4 is 0 Å². The van der Waals surface area contributed by atoms with Gasteiger partial charge in [0.2, 0.25) is 0 Å². The lowest BCUT2D eigenvalue weighted by atomic mass is 10.0. The summed E-state index contributed by atoms with van der Waals surface area (Å²) in [6.45, 7) is 0. The Morgan fingerprint density at radius 3 is 0.900 bits per heavy atom. The quantitative estimate of drug-likeness (QED) is 0.144. The summed E-state index contributed by atoms with van der Waals surface area (Å²) in [7, 11) is 0. The summed E-state index contributed by atoms with van der Waals surface area (Å²) in [4.78, 5) is 35.1. The highest BCUT2D eigenvalue weighted by atomic mass is 14.9. The van der Waals surface area contributed by atoms with Crippen LogP contribution in [0.5, 0.6) is 0 Å². The van der Waals surface area contributed by atoms with Crippen LogP contribution in [0.15, 0.2) is 213 Å². The molecule has 10 rings (SSSR count). The number of rotatable bonds is 9. The Morgan fingerprint density at radius 1 is 0.200 bits per heavy atom. The van der Waals surface area contributed by atoms with Crippen molar-refractivity contribution in [2.75, 3.05) is 0 Å². The van der Waals surface area contributed by atoms with Crippen molar-refractivity contribution in [2.24, 2.45) is 0 Å². The fourth-order valence-electron chi connectivity index (χ4n) is 7.19. The molecule has 0 unspecified atom stereocenters. The fraction of sp³-hybridized carbons (Fsp3) is 0. The molecule has 0 aliphatic heterocycles. The van der Waals surface area contributed by atoms with E-state index in [4.69, 9.17) is 34.9 Å². The van der Waals surface area contributed by atoms with E-state index in [1.54, 1.807) is 0 Å². The minimum atomic E-state index is 0.651. The molecule has 0 fully saturated rings. The molecule has 0 amide bonds. The summed E-state index contributed by atoms with van der Waals surface area (Å²) in [5.41, 5.74) is 13.8. The molecule has 7 heteroatoms. The molecule has 5 aromatic heterocycles. The fourth-order valence-corrected chi connectivity index (χ4v) is 7.19. The van der Waals surface area contributed by atoms with Crippen molar-refractivity contribution in [3.63, 3.8) is 0 Å². The van der Waals surface area contributed by atoms with Crippen LogP contribution >= 0.6 is 0 Å². The first kappa shape index (κ1) is 36.1. The minimum Gasteiger partial charge on any atom is -0.255 e. The topological polar surface area (TPSA) is 90.2 Å². The molecule has 60 heavy (non-hydrogen) atoms. The molecule has 10 aromatic rings. The van der Waals surface area contributed by atoms with Crippen molar-refractivity contribution in [3.8, 4) is 102 Å². The number of hydrogen-bond acceptors (Lipinski definition) is 7. The highest BCUT2D eigenvalue weighted by molar-refractivity contribution is 5.79. The molecule has 0 saturated carbocycles. The van der Waals surface area contributed by atoms with Gasteiger partial charge in [0.25, 0.3) is 0 Å². The van der Waals surface area contributed by atoms with Gasteiger partial charge in [0.1, 0.15) is 0 Å². The third kappa shape index (κ3) is 7.71. The van der Waals surface area contributed by atoms with Crippen LogP contribution in [-0.2, 0) is 0 Å². The summed E-state index contributed by atoms with van der Waals surface area (Å²) >= 11 is 0. The molecule has 0 radical (unpaired) electrons. The Morgan fingerprint density at radius 2 is 0.517 bits per heavy atom. The monoisotopic (exact) mass is 769 g/mol. The molecule has 0 spiro atoms. The maximum absolute atomic E-state index is 5.24. The van der Waals surface area contributed by atoms with Gasteiger partial charge in [0.15, 0.2) is 11.6 Å². The average molecular weight is 770 g/mol. The molecule has 5 aromatic carbocycles. The summed E-state index contributed by atoms with van der Waals surface area (Å²) in [6.07, 6.45) is 3.63. The van der Waals surface area contributed by atoms with E-state index in [-0.39, 0.29) is 0 Å². The van der Waals surface area contributed by atoms with Crippen molar-refractivity contribution in [1.82, 2.24) is 34.9 Å². The van der Waals surface area contributed by atoms with Crippen LogP contribution in [0.4, 0.5) is 0 Å². The Bertz CT molecular complexity index is 2770. The van der Waals surface area contributed by atoms with E-state index in [1.807, 2.05) is 164 Å². The molecule has 0 aliphatic rings. The normalized spacial score (nSPS) is 11.0. The van der Waals surface area contributed by atoms with Crippen LogP contribution in [0.25, 0.3) is 102 Å². The van der Waals surface area contributed by atoms with E-state index in [0.717, 1.165) is 67.3 Å². The smallest absolute Gasteiger partial charge is 0.160 e. The highest BCUT2D eigenvalue weighted by Crippen LogP contribution is 2.34. The number of pyridine rings is 3. The lowest BCUT2D eigenvalue weighted by molar-refractivity contribution is 1.17. The van der Waals surface area contributed by atoms with Gasteiger partial charge in [-0.1, -0.05) is 152 Å². The van der Waals surface area contributed by atoms with Gasteiger partial charge >= 0.3 is 0 Å². The highest BCUT2D eigenvalue weighted by Gasteiger charge is 2.16. The molecule has 0 saturated heterocycles. The van der Waals surface area contributed by atoms with E-state index in [9.17, 15) is 0 Å². The molecule has 0 aliphatic carbocycles. The SMILES string of the molecule is c1ccc(-c2cc(-c3cc(-c4cc(-c5ccccc5)nc(-c5ccccc5)n4)ccn3)nc(-c3cc(-c4cc(-c5ccccc5)nc(-c5ccccc5)n4)ccn3)c2)cc1. The van der Waals surface area contributed by atoms with Gasteiger partial charge in [-0.2, -0.15) is 0 Å². The summed E-state index contributed by atoms with van der Waals surface area (Å²) in [5, 5.41) is 0. The van der Waals surface area contributed by atoms with Crippen molar-refractivity contribution in [3.05, 3.63) is 213 Å². The summed E-state index contributed by atoms with van der Waals surface area (Å²) in [6, 6.07) is 67.1. The van der Waals surface area contributed by atoms with Crippen LogP contribution in [0.1, 0.15) is 0 Å². The third-order valence-electron chi connectivity index (χ3n) is 10.2. The Labute approximate surface area is 347 Å². The third-order valence-corrected chi connectivity index (χ3v) is 10.2. The number of benzene rings is 5. The Hall–Kier alpha value is -8.29. The molecule has 5 heterocycles. The van der Waals surface area contributed by atoms with Crippen molar-refractivity contribution in [2.45, 2.75) is 0 Å². The molecule has 7 nitrogen and oxygen atoms in total. The van der Waals surface area contributed by atoms with Crippen LogP contribution in [0, 0.1) is 0 Å². The second kappa shape index (κ2) is 16.3. The van der Waals surface area contributed by atoms with E-state index in [1.165, 1.54) is 0 Å². The summed E-state index contributed by atoms with van der Waals surface area (Å²) in [5.74, 6) is 1.30. The van der Waals surface area contributed by atoms with E-state index in [0.29, 0.717) is 34.4 Å². The average Bonchev–Trinajstić information content (AvgIpc) is 3.35. The maximum Gasteiger partial charge on any atom is 0.160 e. The van der Waals surface area contributed by atoms with Gasteiger partial charge in [-0.25, -0.2) is 24.9 Å². The Kier molecular flexibility index (Phi) is 9.79. The predicted octanol–water partition coefficient (Wildman–Crippen LogP) is 12.5. The summed E-state index contributed by atoms with van der Waals surface area (Å²) < 4.78 is 0. The van der Waals surface area contributed by atoms with Gasteiger partial charge < -0.3 is 0 Å². The molecule has 282 valence electrons. The second-order valence-corrected chi connectivity index (χ2v) is 14.2. The van der Waals surface area contributed by atoms with Crippen molar-refractivity contribution >= 4 is 0 Å². The van der Waals surface area contributed by atoms with Crippen molar-refractivity contribution in [1.29, 1.82) is 0 Å². The molecular weight excluding hydrogens is 735 g/mol. The largest absolute Gasteiger partial charge is 0.255 e. The predicted molar refractivity (Wildman–Crippen MR) is 240 cm³/mol. The molecule has 0 bridgehead atoms. The standard InChI is InChI=1S/C53H35N7/c1-6-16-36(17-7-1)43-32-50(48-30-41(26-28-54-48)46-34-44(37-18-8-2-9-19-37)57-52(59-46)39-22-12-4-13-23-39)56-51(33-43)49-31-42(27-29-55-49)47-35-45(38-20-10-3-11-21-38)58-53(60-47)40-24-14-5-15-25-40/h1-35H. The first-order valence-corrected chi connectivity index (χ1v) is 19.7. The van der Waals surface area contributed by atoms with E-state index in [2.05, 4.69) is 48.5 Å². The Balaban J connectivity index is 1.09. The van der Waals surface area contributed by atoms with Crippen LogP contribution in [-0.4, -0.2) is 34.9 Å².